The van der Waals surface area contributed by atoms with Crippen molar-refractivity contribution in [1.82, 2.24) is 0 Å². The number of hydrogen-bond donors (Lipinski definition) is 6. The van der Waals surface area contributed by atoms with Gasteiger partial charge >= 0.3 is 29.6 Å². The Kier molecular flexibility index (Phi) is 43.4. The molecule has 4 rings (SSSR count). The molecule has 2 aliphatic rings. The normalized spacial score (nSPS) is 25.1. The Morgan fingerprint density at radius 3 is 1.79 bits per heavy atom. The van der Waals surface area contributed by atoms with E-state index in [1.807, 2.05) is 85.8 Å². The Morgan fingerprint density at radius 1 is 0.682 bits per heavy atom. The van der Waals surface area contributed by atoms with E-state index in [-0.39, 0.29) is 192 Å². The van der Waals surface area contributed by atoms with Crippen LogP contribution < -0.4 is 43.9 Å². The van der Waals surface area contributed by atoms with E-state index in [1.165, 1.54) is 6.66 Å². The summed E-state index contributed by atoms with van der Waals surface area (Å²) in [6, 6.07) is 19.0. The first-order chi connectivity index (χ1) is 29.6. The molecule has 3 radical (unpaired) electrons. The van der Waals surface area contributed by atoms with E-state index in [0.717, 1.165) is 50.0 Å². The quantitative estimate of drug-likeness (QED) is 0.0300. The van der Waals surface area contributed by atoms with Gasteiger partial charge in [0, 0.05) is 178 Å². The Hall–Kier alpha value is 2.98. The van der Waals surface area contributed by atoms with Crippen LogP contribution in [0, 0.1) is 156 Å². The van der Waals surface area contributed by atoms with Crippen LogP contribution in [-0.4, -0.2) is 113 Å². The summed E-state index contributed by atoms with van der Waals surface area (Å²) in [5, 5.41) is 62.0. The fourth-order valence-corrected chi connectivity index (χ4v) is 10.8. The van der Waals surface area contributed by atoms with Gasteiger partial charge in [0.05, 0.1) is 56.4 Å². The van der Waals surface area contributed by atoms with Gasteiger partial charge in [-0.05, 0) is 113 Å². The molecular formula is C48H77Ac3NaO12P2. The van der Waals surface area contributed by atoms with Gasteiger partial charge in [-0.1, -0.05) is 80.0 Å². The predicted octanol–water partition coefficient (Wildman–Crippen LogP) is 4.58. The van der Waals surface area contributed by atoms with Gasteiger partial charge in [0.1, 0.15) is 11.5 Å². The third kappa shape index (κ3) is 31.0. The summed E-state index contributed by atoms with van der Waals surface area (Å²) in [5.41, 5.74) is 0. The van der Waals surface area contributed by atoms with Crippen LogP contribution in [0.15, 0.2) is 85.0 Å². The zero-order chi connectivity index (χ0) is 45.4. The second kappa shape index (κ2) is 40.3. The van der Waals surface area contributed by atoms with Gasteiger partial charge in [-0.3, -0.25) is 4.57 Å². The molecule has 2 fully saturated rings. The number of aliphatic hydroxyl groups excluding tert-OH is 6. The second-order valence-electron chi connectivity index (χ2n) is 17.3. The summed E-state index contributed by atoms with van der Waals surface area (Å²) in [6.45, 7) is 6.12. The molecule has 2 aromatic rings. The molecule has 18 heteroatoms. The van der Waals surface area contributed by atoms with Crippen LogP contribution in [0.25, 0.3) is 0 Å². The molecule has 66 heavy (non-hydrogen) atoms. The molecule has 12 nitrogen and oxygen atoms in total. The first-order valence-corrected chi connectivity index (χ1v) is 27.4. The summed E-state index contributed by atoms with van der Waals surface area (Å²) < 4.78 is 39.8. The number of hydrogen-bond acceptors (Lipinski definition) is 12. The molecule has 0 amide bonds. The molecule has 361 valence electrons. The number of rotatable bonds is 28. The van der Waals surface area contributed by atoms with E-state index < -0.39 is 51.4 Å². The minimum Gasteiger partial charge on any atom is -0.799 e. The fraction of sp³-hybridized carbons (Fsp3) is 0.667. The van der Waals surface area contributed by atoms with Gasteiger partial charge in [0.2, 0.25) is 0 Å². The molecule has 6 N–H and O–H groups in total. The summed E-state index contributed by atoms with van der Waals surface area (Å²) in [5.74, 6) is 1.31. The Balaban J connectivity index is 0. The summed E-state index contributed by atoms with van der Waals surface area (Å²) in [6.07, 6.45) is 14.5. The maximum absolute atomic E-state index is 12.1. The Labute approximate surface area is 525 Å². The smallest absolute Gasteiger partial charge is 0.799 e. The minimum absolute atomic E-state index is 0. The SMILES string of the molecule is CCOP(C)(=O)CCC/C=C\CC1C(O)CC(O)C1/C=C/C(O)CCOc1ccccc1.CP(=O)([O-])CCCCCCC1C(O)CC(O)C1CCC(O)CCOc1ccccc1.[Ac].[Ac].[Ac].[Na+]. The van der Waals surface area contributed by atoms with Crippen molar-refractivity contribution < 1.29 is 220 Å². The van der Waals surface area contributed by atoms with Crippen molar-refractivity contribution in [3.05, 3.63) is 85.0 Å². The van der Waals surface area contributed by atoms with Crippen LogP contribution >= 0.6 is 14.7 Å². The Bertz CT molecular complexity index is 1650. The van der Waals surface area contributed by atoms with Gasteiger partial charge in [0.25, 0.3) is 0 Å². The zero-order valence-electron chi connectivity index (χ0n) is 40.1. The van der Waals surface area contributed by atoms with Gasteiger partial charge in [-0.15, -0.1) is 0 Å². The molecule has 2 aliphatic carbocycles. The van der Waals surface area contributed by atoms with E-state index in [0.29, 0.717) is 77.3 Å². The van der Waals surface area contributed by atoms with E-state index >= 15 is 0 Å². The van der Waals surface area contributed by atoms with E-state index in [1.54, 1.807) is 12.7 Å². The van der Waals surface area contributed by atoms with E-state index in [4.69, 9.17) is 14.0 Å². The third-order valence-electron chi connectivity index (χ3n) is 12.0. The molecule has 0 bridgehead atoms. The van der Waals surface area contributed by atoms with Crippen molar-refractivity contribution in [3.8, 4) is 11.5 Å². The zero-order valence-corrected chi connectivity index (χ0v) is 58.1. The van der Waals surface area contributed by atoms with Crippen molar-refractivity contribution in [2.24, 2.45) is 23.7 Å². The average Bonchev–Trinajstić information content (AvgIpc) is 3.65. The number of aliphatic hydroxyl groups is 6. The van der Waals surface area contributed by atoms with Gasteiger partial charge in [-0.25, -0.2) is 0 Å². The summed E-state index contributed by atoms with van der Waals surface area (Å²) in [7, 11) is -5.65. The second-order valence-corrected chi connectivity index (χ2v) is 22.5. The van der Waals surface area contributed by atoms with E-state index in [9.17, 15) is 44.7 Å². The molecule has 12 unspecified atom stereocenters. The van der Waals surface area contributed by atoms with Crippen LogP contribution in [0.2, 0.25) is 0 Å². The number of benzene rings is 2. The first kappa shape index (κ1) is 71.1. The van der Waals surface area contributed by atoms with Crippen molar-refractivity contribution in [2.75, 3.05) is 45.5 Å². The largest absolute Gasteiger partial charge is 1.00 e. The maximum atomic E-state index is 12.1. The number of unbranched alkanes of at least 4 members (excludes halogenated alkanes) is 4. The number of para-hydroxylation sites is 2. The van der Waals surface area contributed by atoms with Crippen molar-refractivity contribution >= 4 is 14.7 Å². The maximum Gasteiger partial charge on any atom is 1.00 e. The fourth-order valence-electron chi connectivity index (χ4n) is 8.55. The van der Waals surface area contributed by atoms with Crippen LogP contribution in [0.1, 0.15) is 96.8 Å². The molecular weight excluding hydrogens is 1530 g/mol. The topological polar surface area (TPSA) is 206 Å². The van der Waals surface area contributed by atoms with Crippen LogP contribution in [-0.2, 0) is 13.7 Å². The molecule has 2 saturated carbocycles. The van der Waals surface area contributed by atoms with Gasteiger partial charge in [0.15, 0.2) is 7.37 Å². The number of allylic oxidation sites excluding steroid dienone is 2. The molecule has 2 aromatic carbocycles. The van der Waals surface area contributed by atoms with Crippen molar-refractivity contribution in [1.29, 1.82) is 0 Å². The average molecular weight is 1610 g/mol. The molecule has 0 aromatic heterocycles. The number of ether oxygens (including phenoxy) is 2. The summed E-state index contributed by atoms with van der Waals surface area (Å²) in [4.78, 5) is 11.2. The van der Waals surface area contributed by atoms with Crippen LogP contribution in [0.5, 0.6) is 11.5 Å². The molecule has 0 saturated heterocycles. The van der Waals surface area contributed by atoms with Gasteiger partial charge < -0.3 is 54.1 Å². The molecule has 0 spiro atoms. The van der Waals surface area contributed by atoms with Crippen LogP contribution in [0.4, 0.5) is 0 Å². The standard InChI is InChI=1S/C25H39O6P.C23H39O6P.3Ac.Na/c1-3-31-32(2,29)18-10-5-4-9-13-22-23(25(28)19-24(22)27)15-14-20(26)16-17-30-21-11-7-6-8-12-21;1-30(27,28)16-8-3-2-7-11-20-21(23(26)17-22(20)25)13-12-18(24)14-15-29-19-9-5-4-6-10-19;;;;/h4,6-9,11-12,14-15,20,22-28H,3,5,10,13,16-19H2,1-2H3;4-6,9-10,18,20-26H,2-3,7-8,11-17H2,1H3,(H,27,28);;;;/q;;;;;+1/p-1/b9-4-,15-14+;;;;;. The Morgan fingerprint density at radius 2 is 1.21 bits per heavy atom. The third-order valence-corrected chi connectivity index (χ3v) is 15.0. The first-order valence-electron chi connectivity index (χ1n) is 22.8. The summed E-state index contributed by atoms with van der Waals surface area (Å²) >= 11 is 0. The van der Waals surface area contributed by atoms with Gasteiger partial charge in [-0.2, -0.15) is 0 Å². The van der Waals surface area contributed by atoms with Crippen molar-refractivity contribution in [3.63, 3.8) is 0 Å². The minimum atomic E-state index is -3.16. The van der Waals surface area contributed by atoms with Crippen molar-refractivity contribution in [2.45, 2.75) is 133 Å². The van der Waals surface area contributed by atoms with Crippen LogP contribution in [0.3, 0.4) is 0 Å². The van der Waals surface area contributed by atoms with E-state index in [2.05, 4.69) is 0 Å². The molecule has 12 atom stereocenters. The molecule has 0 heterocycles. The molecule has 0 aliphatic heterocycles. The monoisotopic (exact) mass is 1610 g/mol. The predicted molar refractivity (Wildman–Crippen MR) is 245 cm³/mol.